The minimum atomic E-state index is 0.785. The van der Waals surface area contributed by atoms with Crippen LogP contribution in [-0.4, -0.2) is 39.3 Å². The molecule has 0 saturated carbocycles. The van der Waals surface area contributed by atoms with Crippen molar-refractivity contribution in [1.82, 2.24) is 10.6 Å². The summed E-state index contributed by atoms with van der Waals surface area (Å²) in [5.41, 5.74) is 13.9. The number of benzene rings is 3. The lowest BCUT2D eigenvalue weighted by Crippen LogP contribution is -2.22. The lowest BCUT2D eigenvalue weighted by atomic mass is 9.86. The molecule has 4 rings (SSSR count). The van der Waals surface area contributed by atoms with E-state index in [1.54, 1.807) is 11.1 Å². The van der Waals surface area contributed by atoms with Crippen molar-refractivity contribution in [3.05, 3.63) is 59.7 Å². The van der Waals surface area contributed by atoms with Crippen molar-refractivity contribution in [2.45, 2.75) is 51.4 Å². The van der Waals surface area contributed by atoms with Crippen LogP contribution in [0, 0.1) is 0 Å². The van der Waals surface area contributed by atoms with E-state index in [0.29, 0.717) is 0 Å². The summed E-state index contributed by atoms with van der Waals surface area (Å²) in [4.78, 5) is 0. The standard InChI is InChI=1S/C18H16.C10H26N4/c1-3-7-15-13(5-1)9-11-18-16-8-4-2-6-14(16)10-12-17(15)18;11-5-3-9-13-7-1-2-8-14-10-4-6-12/h1,3,5,7,9-12H,2,4,6,8H2;13-14H,1-12H2. The molecular formula is C28H42N4. The largest absolute Gasteiger partial charge is 0.330 e. The molecule has 1 aliphatic carbocycles. The average Bonchev–Trinajstić information content (AvgIpc) is 2.85. The zero-order chi connectivity index (χ0) is 22.4. The van der Waals surface area contributed by atoms with Gasteiger partial charge < -0.3 is 22.1 Å². The second-order valence-electron chi connectivity index (χ2n) is 8.78. The van der Waals surface area contributed by atoms with Gasteiger partial charge in [0.05, 0.1) is 0 Å². The molecule has 0 heterocycles. The molecule has 32 heavy (non-hydrogen) atoms. The van der Waals surface area contributed by atoms with Gasteiger partial charge in [0.2, 0.25) is 0 Å². The van der Waals surface area contributed by atoms with E-state index < -0.39 is 0 Å². The molecule has 4 heteroatoms. The molecule has 1 aliphatic rings. The first-order valence-corrected chi connectivity index (χ1v) is 12.6. The highest BCUT2D eigenvalue weighted by Crippen LogP contribution is 2.33. The summed E-state index contributed by atoms with van der Waals surface area (Å²) >= 11 is 0. The van der Waals surface area contributed by atoms with Gasteiger partial charge in [-0.3, -0.25) is 0 Å². The lowest BCUT2D eigenvalue weighted by molar-refractivity contribution is 0.570. The van der Waals surface area contributed by atoms with Gasteiger partial charge in [0.15, 0.2) is 0 Å². The van der Waals surface area contributed by atoms with Crippen LogP contribution < -0.4 is 22.1 Å². The van der Waals surface area contributed by atoms with Crippen molar-refractivity contribution in [3.63, 3.8) is 0 Å². The van der Waals surface area contributed by atoms with Gasteiger partial charge in [0.25, 0.3) is 0 Å². The lowest BCUT2D eigenvalue weighted by Gasteiger charge is -2.18. The molecule has 3 aromatic rings. The first kappa shape index (κ1) is 24.7. The SMILES string of the molecule is NCCCNCCCCNCCCN.c1ccc2c(c1)ccc1c3c(ccc12)CCCC3. The van der Waals surface area contributed by atoms with Gasteiger partial charge in [0.1, 0.15) is 0 Å². The Balaban J connectivity index is 0.000000189. The third-order valence-electron chi connectivity index (χ3n) is 6.33. The number of rotatable bonds is 11. The quantitative estimate of drug-likeness (QED) is 0.264. The summed E-state index contributed by atoms with van der Waals surface area (Å²) in [5.74, 6) is 0. The second kappa shape index (κ2) is 14.2. The van der Waals surface area contributed by atoms with Crippen molar-refractivity contribution in [1.29, 1.82) is 0 Å². The molecule has 4 nitrogen and oxygen atoms in total. The Morgan fingerprint density at radius 2 is 1.22 bits per heavy atom. The fraction of sp³-hybridized carbons (Fsp3) is 0.500. The predicted octanol–water partition coefficient (Wildman–Crippen LogP) is 4.52. The zero-order valence-corrected chi connectivity index (χ0v) is 19.7. The summed E-state index contributed by atoms with van der Waals surface area (Å²) in [5, 5.41) is 12.4. The van der Waals surface area contributed by atoms with Crippen LogP contribution in [0.2, 0.25) is 0 Å². The summed E-state index contributed by atoms with van der Waals surface area (Å²) in [6.45, 7) is 5.90. The first-order valence-electron chi connectivity index (χ1n) is 12.6. The molecule has 0 atom stereocenters. The van der Waals surface area contributed by atoms with E-state index in [4.69, 9.17) is 11.5 Å². The van der Waals surface area contributed by atoms with Gasteiger partial charge in [0, 0.05) is 0 Å². The third-order valence-corrected chi connectivity index (χ3v) is 6.33. The Bertz CT molecular complexity index is 925. The van der Waals surface area contributed by atoms with Crippen molar-refractivity contribution in [3.8, 4) is 0 Å². The highest BCUT2D eigenvalue weighted by Gasteiger charge is 2.13. The summed E-state index contributed by atoms with van der Waals surface area (Å²) in [6.07, 6.45) is 9.85. The van der Waals surface area contributed by atoms with E-state index >= 15 is 0 Å². The van der Waals surface area contributed by atoms with Gasteiger partial charge in [-0.1, -0.05) is 48.5 Å². The van der Waals surface area contributed by atoms with Crippen molar-refractivity contribution < 1.29 is 0 Å². The van der Waals surface area contributed by atoms with Crippen LogP contribution in [0.5, 0.6) is 0 Å². The van der Waals surface area contributed by atoms with Crippen molar-refractivity contribution in [2.75, 3.05) is 39.3 Å². The van der Waals surface area contributed by atoms with E-state index in [9.17, 15) is 0 Å². The summed E-state index contributed by atoms with van der Waals surface area (Å²) < 4.78 is 0. The van der Waals surface area contributed by atoms with Crippen LogP contribution in [0.25, 0.3) is 21.5 Å². The van der Waals surface area contributed by atoms with Gasteiger partial charge in [-0.2, -0.15) is 0 Å². The Labute approximate surface area is 194 Å². The van der Waals surface area contributed by atoms with Crippen LogP contribution in [0.1, 0.15) is 49.7 Å². The molecule has 0 unspecified atom stereocenters. The molecule has 0 fully saturated rings. The molecule has 0 radical (unpaired) electrons. The number of unbranched alkanes of at least 4 members (excludes halogenated alkanes) is 1. The fourth-order valence-electron chi connectivity index (χ4n) is 4.55. The minimum Gasteiger partial charge on any atom is -0.330 e. The maximum Gasteiger partial charge on any atom is -0.00369 e. The maximum atomic E-state index is 5.38. The van der Waals surface area contributed by atoms with E-state index in [2.05, 4.69) is 59.2 Å². The monoisotopic (exact) mass is 434 g/mol. The normalized spacial score (nSPS) is 13.1. The number of hydrogen-bond acceptors (Lipinski definition) is 4. The molecule has 0 saturated heterocycles. The molecular weight excluding hydrogens is 392 g/mol. The third kappa shape index (κ3) is 7.28. The average molecular weight is 435 g/mol. The van der Waals surface area contributed by atoms with E-state index in [1.165, 1.54) is 60.1 Å². The van der Waals surface area contributed by atoms with Gasteiger partial charge >= 0.3 is 0 Å². The van der Waals surface area contributed by atoms with Crippen LogP contribution >= 0.6 is 0 Å². The highest BCUT2D eigenvalue weighted by atomic mass is 14.9. The molecule has 0 bridgehead atoms. The minimum absolute atomic E-state index is 0.785. The molecule has 0 aromatic heterocycles. The first-order chi connectivity index (χ1) is 15.8. The number of aryl methyl sites for hydroxylation is 2. The molecule has 0 amide bonds. The van der Waals surface area contributed by atoms with Gasteiger partial charge in [-0.25, -0.2) is 0 Å². The Morgan fingerprint density at radius 1 is 0.594 bits per heavy atom. The predicted molar refractivity (Wildman–Crippen MR) is 140 cm³/mol. The fourth-order valence-corrected chi connectivity index (χ4v) is 4.55. The number of hydrogen-bond donors (Lipinski definition) is 4. The van der Waals surface area contributed by atoms with Crippen molar-refractivity contribution in [2.24, 2.45) is 11.5 Å². The zero-order valence-electron chi connectivity index (χ0n) is 19.7. The summed E-state index contributed by atoms with van der Waals surface area (Å²) in [6, 6.07) is 18.0. The van der Waals surface area contributed by atoms with Crippen LogP contribution in [-0.2, 0) is 12.8 Å². The molecule has 174 valence electrons. The van der Waals surface area contributed by atoms with E-state index in [-0.39, 0.29) is 0 Å². The summed E-state index contributed by atoms with van der Waals surface area (Å²) in [7, 11) is 0. The Hall–Kier alpha value is -1.98. The van der Waals surface area contributed by atoms with Gasteiger partial charge in [-0.05, 0) is 123 Å². The number of nitrogens with one attached hydrogen (secondary N) is 2. The van der Waals surface area contributed by atoms with Crippen LogP contribution in [0.3, 0.4) is 0 Å². The van der Waals surface area contributed by atoms with E-state index in [1.807, 2.05) is 0 Å². The number of nitrogens with two attached hydrogens (primary N) is 2. The smallest absolute Gasteiger partial charge is 0.00369 e. The Morgan fingerprint density at radius 3 is 1.94 bits per heavy atom. The number of fused-ring (bicyclic) bond motifs is 5. The molecule has 0 spiro atoms. The highest BCUT2D eigenvalue weighted by molar-refractivity contribution is 6.08. The Kier molecular flexibility index (Phi) is 11.0. The van der Waals surface area contributed by atoms with Crippen molar-refractivity contribution >= 4 is 21.5 Å². The molecule has 6 N–H and O–H groups in total. The topological polar surface area (TPSA) is 76.1 Å². The second-order valence-corrected chi connectivity index (χ2v) is 8.78. The van der Waals surface area contributed by atoms with Crippen LogP contribution in [0.4, 0.5) is 0 Å². The molecule has 0 aliphatic heterocycles. The van der Waals surface area contributed by atoms with Gasteiger partial charge in [-0.15, -0.1) is 0 Å². The molecule has 3 aromatic carbocycles. The van der Waals surface area contributed by atoms with Crippen LogP contribution in [0.15, 0.2) is 48.5 Å². The maximum absolute atomic E-state index is 5.38. The van der Waals surface area contributed by atoms with E-state index in [0.717, 1.165) is 52.1 Å².